The van der Waals surface area contributed by atoms with Crippen molar-refractivity contribution in [2.45, 2.75) is 20.4 Å². The van der Waals surface area contributed by atoms with Crippen LogP contribution in [0.4, 0.5) is 11.5 Å². The van der Waals surface area contributed by atoms with E-state index in [0.29, 0.717) is 12.2 Å². The molecule has 0 saturated carbocycles. The lowest BCUT2D eigenvalue weighted by molar-refractivity contribution is 0.790. The zero-order valence-electron chi connectivity index (χ0n) is 11.7. The van der Waals surface area contributed by atoms with Crippen molar-refractivity contribution < 1.29 is 0 Å². The number of hydrogen-bond donors (Lipinski definition) is 1. The average molecular weight is 267 g/mol. The van der Waals surface area contributed by atoms with Crippen LogP contribution >= 0.6 is 0 Å². The van der Waals surface area contributed by atoms with Crippen LogP contribution in [0.3, 0.4) is 0 Å². The fraction of sp³-hybridized carbons (Fsp3) is 0.267. The van der Waals surface area contributed by atoms with E-state index in [2.05, 4.69) is 14.9 Å². The van der Waals surface area contributed by atoms with Crippen LogP contribution in [-0.4, -0.2) is 16.5 Å². The Kier molecular flexibility index (Phi) is 4.16. The number of hydrogen-bond acceptors (Lipinski definition) is 5. The van der Waals surface area contributed by atoms with Crippen molar-refractivity contribution in [3.05, 3.63) is 47.4 Å². The Morgan fingerprint density at radius 1 is 1.25 bits per heavy atom. The molecule has 0 aliphatic rings. The molecule has 0 aliphatic heterocycles. The van der Waals surface area contributed by atoms with Crippen LogP contribution in [0.2, 0.25) is 0 Å². The van der Waals surface area contributed by atoms with Gasteiger partial charge in [0.05, 0.1) is 17.9 Å². The molecule has 0 aromatic carbocycles. The van der Waals surface area contributed by atoms with Crippen LogP contribution in [0.15, 0.2) is 30.3 Å². The summed E-state index contributed by atoms with van der Waals surface area (Å²) >= 11 is 0. The maximum absolute atomic E-state index is 9.00. The minimum atomic E-state index is 0.262. The number of nitrogen functional groups attached to an aromatic ring is 1. The second kappa shape index (κ2) is 6.02. The summed E-state index contributed by atoms with van der Waals surface area (Å²) in [4.78, 5) is 10.8. The molecule has 20 heavy (non-hydrogen) atoms. The first-order valence-corrected chi connectivity index (χ1v) is 6.48. The molecule has 0 atom stereocenters. The van der Waals surface area contributed by atoms with Crippen LogP contribution in [-0.2, 0) is 6.54 Å². The first-order valence-electron chi connectivity index (χ1n) is 6.48. The van der Waals surface area contributed by atoms with Gasteiger partial charge in [-0.3, -0.25) is 4.98 Å². The quantitative estimate of drug-likeness (QED) is 0.919. The summed E-state index contributed by atoms with van der Waals surface area (Å²) in [6.07, 6.45) is 0. The van der Waals surface area contributed by atoms with Crippen LogP contribution in [0, 0.1) is 18.3 Å². The number of pyridine rings is 2. The lowest BCUT2D eigenvalue weighted by Gasteiger charge is -2.22. The molecule has 2 aromatic heterocycles. The monoisotopic (exact) mass is 267 g/mol. The second-order valence-electron chi connectivity index (χ2n) is 4.50. The molecule has 0 aliphatic carbocycles. The van der Waals surface area contributed by atoms with Gasteiger partial charge in [0.1, 0.15) is 11.9 Å². The van der Waals surface area contributed by atoms with E-state index < -0.39 is 0 Å². The summed E-state index contributed by atoms with van der Waals surface area (Å²) in [6.45, 7) is 5.44. The van der Waals surface area contributed by atoms with Crippen LogP contribution in [0.25, 0.3) is 0 Å². The van der Waals surface area contributed by atoms with E-state index in [1.807, 2.05) is 44.2 Å². The molecular weight excluding hydrogens is 250 g/mol. The van der Waals surface area contributed by atoms with Crippen molar-refractivity contribution in [3.63, 3.8) is 0 Å². The van der Waals surface area contributed by atoms with E-state index in [1.54, 1.807) is 6.07 Å². The number of rotatable bonds is 4. The van der Waals surface area contributed by atoms with E-state index in [0.717, 1.165) is 23.8 Å². The molecule has 2 aromatic rings. The first kappa shape index (κ1) is 13.8. The van der Waals surface area contributed by atoms with Crippen molar-refractivity contribution in [2.24, 2.45) is 0 Å². The summed E-state index contributed by atoms with van der Waals surface area (Å²) in [7, 11) is 0. The van der Waals surface area contributed by atoms with Crippen molar-refractivity contribution in [1.29, 1.82) is 5.26 Å². The maximum Gasteiger partial charge on any atom is 0.165 e. The van der Waals surface area contributed by atoms with Gasteiger partial charge in [-0.2, -0.15) is 5.26 Å². The average Bonchev–Trinajstić information content (AvgIpc) is 2.45. The zero-order valence-corrected chi connectivity index (χ0v) is 11.7. The summed E-state index contributed by atoms with van der Waals surface area (Å²) in [5, 5.41) is 9.00. The Balaban J connectivity index is 2.27. The summed E-state index contributed by atoms with van der Waals surface area (Å²) in [5.74, 6) is 0.738. The topological polar surface area (TPSA) is 78.8 Å². The molecule has 0 radical (unpaired) electrons. The molecule has 0 bridgehead atoms. The standard InChI is InChI=1S/C15H17N5/c1-3-20(10-12-6-4-5-11(2)18-12)15-8-7-13(17)14(9-16)19-15/h4-8H,3,10,17H2,1-2H3. The van der Waals surface area contributed by atoms with Gasteiger partial charge in [0.15, 0.2) is 5.69 Å². The Labute approximate surface area is 118 Å². The van der Waals surface area contributed by atoms with Crippen molar-refractivity contribution in [3.8, 4) is 6.07 Å². The maximum atomic E-state index is 9.00. The van der Waals surface area contributed by atoms with E-state index in [4.69, 9.17) is 11.0 Å². The largest absolute Gasteiger partial charge is 0.396 e. The molecule has 0 saturated heterocycles. The molecule has 2 N–H and O–H groups in total. The highest BCUT2D eigenvalue weighted by molar-refractivity contribution is 5.55. The predicted octanol–water partition coefficient (Wildman–Crippen LogP) is 2.27. The number of nitriles is 1. The highest BCUT2D eigenvalue weighted by Gasteiger charge is 2.10. The Hall–Kier alpha value is -2.61. The Morgan fingerprint density at radius 2 is 2.05 bits per heavy atom. The highest BCUT2D eigenvalue weighted by Crippen LogP contribution is 2.18. The number of anilines is 2. The second-order valence-corrected chi connectivity index (χ2v) is 4.50. The fourth-order valence-corrected chi connectivity index (χ4v) is 1.96. The number of nitrogens with zero attached hydrogens (tertiary/aromatic N) is 4. The molecule has 5 heteroatoms. The van der Waals surface area contributed by atoms with Gasteiger partial charge in [-0.1, -0.05) is 6.07 Å². The van der Waals surface area contributed by atoms with E-state index in [9.17, 15) is 0 Å². The van der Waals surface area contributed by atoms with E-state index in [1.165, 1.54) is 0 Å². The van der Waals surface area contributed by atoms with Gasteiger partial charge in [-0.05, 0) is 38.1 Å². The Morgan fingerprint density at radius 3 is 2.70 bits per heavy atom. The van der Waals surface area contributed by atoms with Gasteiger partial charge in [-0.25, -0.2) is 4.98 Å². The molecule has 0 unspecified atom stereocenters. The van der Waals surface area contributed by atoms with Gasteiger partial charge >= 0.3 is 0 Å². The molecule has 102 valence electrons. The molecule has 0 spiro atoms. The first-order chi connectivity index (χ1) is 9.63. The fourth-order valence-electron chi connectivity index (χ4n) is 1.96. The van der Waals surface area contributed by atoms with Crippen LogP contribution in [0.1, 0.15) is 24.0 Å². The lowest BCUT2D eigenvalue weighted by atomic mass is 10.2. The van der Waals surface area contributed by atoms with E-state index >= 15 is 0 Å². The third-order valence-corrected chi connectivity index (χ3v) is 3.02. The molecule has 5 nitrogen and oxygen atoms in total. The van der Waals surface area contributed by atoms with Crippen LogP contribution < -0.4 is 10.6 Å². The normalized spacial score (nSPS) is 10.1. The molecule has 0 fully saturated rings. The third-order valence-electron chi connectivity index (χ3n) is 3.02. The Bertz CT molecular complexity index is 645. The van der Waals surface area contributed by atoms with Crippen LogP contribution in [0.5, 0.6) is 0 Å². The van der Waals surface area contributed by atoms with Gasteiger partial charge in [0, 0.05) is 12.2 Å². The molecule has 2 rings (SSSR count). The minimum Gasteiger partial charge on any atom is -0.396 e. The number of aromatic nitrogens is 2. The van der Waals surface area contributed by atoms with Crippen molar-refractivity contribution in [2.75, 3.05) is 17.2 Å². The summed E-state index contributed by atoms with van der Waals surface area (Å²) < 4.78 is 0. The lowest BCUT2D eigenvalue weighted by Crippen LogP contribution is -2.24. The van der Waals surface area contributed by atoms with Crippen molar-refractivity contribution >= 4 is 11.5 Å². The number of nitrogens with two attached hydrogens (primary N) is 1. The van der Waals surface area contributed by atoms with Gasteiger partial charge in [-0.15, -0.1) is 0 Å². The van der Waals surface area contributed by atoms with E-state index in [-0.39, 0.29) is 5.69 Å². The predicted molar refractivity (Wildman–Crippen MR) is 79.1 cm³/mol. The van der Waals surface area contributed by atoms with Crippen molar-refractivity contribution in [1.82, 2.24) is 9.97 Å². The highest BCUT2D eigenvalue weighted by atomic mass is 15.2. The summed E-state index contributed by atoms with van der Waals surface area (Å²) in [6, 6.07) is 11.5. The zero-order chi connectivity index (χ0) is 14.5. The molecule has 2 heterocycles. The minimum absolute atomic E-state index is 0.262. The number of aryl methyl sites for hydroxylation is 1. The molecule has 0 amide bonds. The smallest absolute Gasteiger partial charge is 0.165 e. The molecular formula is C15H17N5. The van der Waals surface area contributed by atoms with Gasteiger partial charge < -0.3 is 10.6 Å². The van der Waals surface area contributed by atoms with Gasteiger partial charge in [0.25, 0.3) is 0 Å². The SMILES string of the molecule is CCN(Cc1cccc(C)n1)c1ccc(N)c(C#N)n1. The third kappa shape index (κ3) is 3.04. The van der Waals surface area contributed by atoms with Gasteiger partial charge in [0.2, 0.25) is 0 Å². The summed E-state index contributed by atoms with van der Waals surface area (Å²) in [5.41, 5.74) is 8.33.